The minimum atomic E-state index is -1.29. The van der Waals surface area contributed by atoms with Gasteiger partial charge in [0.05, 0.1) is 0 Å². The van der Waals surface area contributed by atoms with Gasteiger partial charge in [-0.15, -0.1) is 0 Å². The molecule has 0 bridgehead atoms. The third kappa shape index (κ3) is 51.7. The monoisotopic (exact) mass is 606 g/mol. The van der Waals surface area contributed by atoms with Gasteiger partial charge in [-0.3, -0.25) is 14.4 Å². The summed E-state index contributed by atoms with van der Waals surface area (Å²) in [7, 11) is 0. The van der Waals surface area contributed by atoms with Gasteiger partial charge in [-0.2, -0.15) is 0 Å². The quantitative estimate of drug-likeness (QED) is 0.323. The van der Waals surface area contributed by atoms with Crippen LogP contribution >= 0.6 is 0 Å². The van der Waals surface area contributed by atoms with Gasteiger partial charge < -0.3 is 29.7 Å². The summed E-state index contributed by atoms with van der Waals surface area (Å²) in [6.07, 6.45) is -0.505. The van der Waals surface area contributed by atoms with Crippen LogP contribution in [0.3, 0.4) is 0 Å². The Morgan fingerprint density at radius 2 is 0.703 bits per heavy atom. The van der Waals surface area contributed by atoms with Gasteiger partial charge in [0.15, 0.2) is 0 Å². The first-order chi connectivity index (χ1) is 16.3. The second-order valence-electron chi connectivity index (χ2n) is 11.9. The van der Waals surface area contributed by atoms with Gasteiger partial charge in [0.2, 0.25) is 0 Å². The summed E-state index contributed by atoms with van der Waals surface area (Å²) in [4.78, 5) is 62.4. The van der Waals surface area contributed by atoms with E-state index in [9.17, 15) is 44.1 Å². The van der Waals surface area contributed by atoms with Crippen molar-refractivity contribution in [3.63, 3.8) is 0 Å². The number of carbonyl (C=O) groups excluding carboxylic acids is 6. The number of hydrogen-bond donors (Lipinski definition) is 0. The van der Waals surface area contributed by atoms with Crippen molar-refractivity contribution in [1.29, 1.82) is 0 Å². The van der Waals surface area contributed by atoms with Crippen molar-refractivity contribution >= 4 is 35.3 Å². The maximum absolute atomic E-state index is 10.8. The van der Waals surface area contributed by atoms with Crippen molar-refractivity contribution in [2.24, 2.45) is 16.2 Å². The number of carboxylic acids is 3. The van der Waals surface area contributed by atoms with Gasteiger partial charge in [0, 0.05) is 56.4 Å². The SMILES string of the molecule is CC(C)(C)CC(=O)CC(=O)[O-].CC(C)(C)CC(=O)CC(=O)[O-].CC(C)(C)CC(=O)CC(=O)[O-].CC[O][Zr+3]. The van der Waals surface area contributed by atoms with Gasteiger partial charge in [-0.1, -0.05) is 62.3 Å². The predicted octanol–water partition coefficient (Wildman–Crippen LogP) is 0.880. The molecule has 0 saturated heterocycles. The molecule has 10 nitrogen and oxygen atoms in total. The average molecular weight is 608 g/mol. The normalized spacial score (nSPS) is 10.8. The Hall–Kier alpha value is -1.74. The molecule has 0 aromatic rings. The zero-order valence-corrected chi connectivity index (χ0v) is 26.5. The topological polar surface area (TPSA) is 181 Å². The minimum absolute atomic E-state index is 0.132. The summed E-state index contributed by atoms with van der Waals surface area (Å²) in [5.41, 5.74) is -0.397. The average Bonchev–Trinajstić information content (AvgIpc) is 2.55. The molecule has 0 spiro atoms. The van der Waals surface area contributed by atoms with E-state index >= 15 is 0 Å². The van der Waals surface area contributed by atoms with Gasteiger partial charge in [-0.25, -0.2) is 0 Å². The molecule has 0 heterocycles. The first kappa shape index (κ1) is 42.4. The molecule has 0 aromatic carbocycles. The van der Waals surface area contributed by atoms with Crippen LogP contribution in [0.4, 0.5) is 0 Å². The molecule has 0 radical (unpaired) electrons. The van der Waals surface area contributed by atoms with Gasteiger partial charge in [0.25, 0.3) is 0 Å². The van der Waals surface area contributed by atoms with E-state index in [1.54, 1.807) is 0 Å². The van der Waals surface area contributed by atoms with Gasteiger partial charge in [-0.05, 0) is 16.2 Å². The van der Waals surface area contributed by atoms with Crippen LogP contribution in [0.25, 0.3) is 0 Å². The Labute approximate surface area is 237 Å². The molecular formula is C26H44O10Zr. The molecule has 0 atom stereocenters. The number of carboxylic acid groups (broad SMARTS) is 3. The molecule has 0 amide bonds. The number of rotatable bonds is 10. The zero-order valence-electron chi connectivity index (χ0n) is 24.0. The van der Waals surface area contributed by atoms with Gasteiger partial charge in [0.1, 0.15) is 17.3 Å². The maximum atomic E-state index is 10.8. The number of hydrogen-bond acceptors (Lipinski definition) is 10. The number of aliphatic carboxylic acids is 3. The van der Waals surface area contributed by atoms with E-state index in [1.165, 1.54) is 25.2 Å². The van der Waals surface area contributed by atoms with Crippen LogP contribution < -0.4 is 15.3 Å². The molecule has 0 fully saturated rings. The van der Waals surface area contributed by atoms with Crippen molar-refractivity contribution in [2.75, 3.05) is 6.61 Å². The van der Waals surface area contributed by atoms with Crippen LogP contribution in [0, 0.1) is 16.2 Å². The van der Waals surface area contributed by atoms with E-state index in [4.69, 9.17) is 0 Å². The first-order valence-electron chi connectivity index (χ1n) is 11.8. The fourth-order valence-corrected chi connectivity index (χ4v) is 2.44. The molecule has 0 saturated carbocycles. The van der Waals surface area contributed by atoms with E-state index in [2.05, 4.69) is 2.81 Å². The Morgan fingerprint density at radius 3 is 0.784 bits per heavy atom. The molecule has 212 valence electrons. The second-order valence-corrected chi connectivity index (χ2v) is 12.6. The molecule has 0 aliphatic carbocycles. The van der Waals surface area contributed by atoms with E-state index in [-0.39, 0.29) is 33.6 Å². The van der Waals surface area contributed by atoms with Gasteiger partial charge >= 0.3 is 41.5 Å². The van der Waals surface area contributed by atoms with Crippen LogP contribution in [-0.4, -0.2) is 41.9 Å². The summed E-state index contributed by atoms with van der Waals surface area (Å²) in [5.74, 6) is -4.68. The number of carbonyl (C=O) groups is 6. The molecule has 0 aromatic heterocycles. The molecule has 0 aliphatic rings. The van der Waals surface area contributed by atoms with Crippen molar-refractivity contribution in [1.82, 2.24) is 0 Å². The Bertz CT molecular complexity index is 626. The molecule has 11 heteroatoms. The van der Waals surface area contributed by atoms with Crippen LogP contribution in [0.5, 0.6) is 0 Å². The second kappa shape index (κ2) is 21.2. The summed E-state index contributed by atoms with van der Waals surface area (Å²) >= 11 is 1.17. The predicted molar refractivity (Wildman–Crippen MR) is 128 cm³/mol. The summed E-state index contributed by atoms with van der Waals surface area (Å²) in [5, 5.41) is 29.9. The number of ketones is 3. The Kier molecular flexibility index (Phi) is 24.3. The fraction of sp³-hybridized carbons (Fsp3) is 0.769. The molecule has 0 aliphatic heterocycles. The molecule has 0 rings (SSSR count). The molecule has 0 unspecified atom stereocenters. The summed E-state index contributed by atoms with van der Waals surface area (Å²) < 4.78 is 4.63. The zero-order chi connectivity index (χ0) is 30.6. The standard InChI is InChI=1S/3C8H14O3.C2H5O.Zr/c3*1-8(2,3)5-6(9)4-7(10)11;1-2-3;/h3*4-5H2,1-3H3,(H,10,11);2H2,1H3;/q;;;-1;+4/p-3. The summed E-state index contributed by atoms with van der Waals surface area (Å²) in [6, 6.07) is 0. The van der Waals surface area contributed by atoms with Crippen molar-refractivity contribution in [3.8, 4) is 0 Å². The van der Waals surface area contributed by atoms with Crippen molar-refractivity contribution in [3.05, 3.63) is 0 Å². The third-order valence-corrected chi connectivity index (χ3v) is 4.06. The fourth-order valence-electron chi connectivity index (χ4n) is 2.44. The van der Waals surface area contributed by atoms with Crippen LogP contribution in [-0.2, 0) is 56.7 Å². The summed E-state index contributed by atoms with van der Waals surface area (Å²) in [6.45, 7) is 19.8. The molecule has 0 N–H and O–H groups in total. The van der Waals surface area contributed by atoms with E-state index in [1.807, 2.05) is 69.2 Å². The Balaban J connectivity index is -0.000000205. The van der Waals surface area contributed by atoms with Crippen LogP contribution in [0.2, 0.25) is 0 Å². The number of Topliss-reactive ketones (excluding diaryl/α,β-unsaturated/α-hetero) is 3. The molecular weight excluding hydrogens is 564 g/mol. The van der Waals surface area contributed by atoms with Crippen LogP contribution in [0.1, 0.15) is 108 Å². The molecule has 37 heavy (non-hydrogen) atoms. The van der Waals surface area contributed by atoms with E-state index < -0.39 is 37.2 Å². The van der Waals surface area contributed by atoms with E-state index in [0.717, 1.165) is 6.61 Å². The first-order valence-corrected chi connectivity index (χ1v) is 12.8. The van der Waals surface area contributed by atoms with Crippen molar-refractivity contribution in [2.45, 2.75) is 108 Å². The third-order valence-electron chi connectivity index (χ3n) is 3.35. The van der Waals surface area contributed by atoms with Crippen LogP contribution in [0.15, 0.2) is 0 Å². The van der Waals surface area contributed by atoms with Crippen molar-refractivity contribution < 1.29 is 72.1 Å². The Morgan fingerprint density at radius 1 is 0.541 bits per heavy atom. The van der Waals surface area contributed by atoms with E-state index in [0.29, 0.717) is 19.3 Å².